The predicted molar refractivity (Wildman–Crippen MR) is 110 cm³/mol. The number of hydrogen-bond donors (Lipinski definition) is 0. The van der Waals surface area contributed by atoms with Crippen LogP contribution in [-0.4, -0.2) is 54.4 Å². The fourth-order valence-corrected chi connectivity index (χ4v) is 3.39. The number of hydrogen-bond acceptors (Lipinski definition) is 3. The minimum absolute atomic E-state index is 0.0221. The molecule has 1 fully saturated rings. The Labute approximate surface area is 166 Å². The van der Waals surface area contributed by atoms with Crippen molar-refractivity contribution in [3.05, 3.63) is 64.7 Å². The SMILES string of the molecule is Cc1ccc(OCC(=O)N2CCCN(C(=O)c3ccccc3C)CC2)cc1C. The van der Waals surface area contributed by atoms with E-state index in [2.05, 4.69) is 0 Å². The highest BCUT2D eigenvalue weighted by molar-refractivity contribution is 5.95. The third-order valence-electron chi connectivity index (χ3n) is 5.35. The lowest BCUT2D eigenvalue weighted by Gasteiger charge is -2.23. The summed E-state index contributed by atoms with van der Waals surface area (Å²) in [5.74, 6) is 0.713. The highest BCUT2D eigenvalue weighted by atomic mass is 16.5. The fourth-order valence-electron chi connectivity index (χ4n) is 3.39. The minimum Gasteiger partial charge on any atom is -0.484 e. The molecular weight excluding hydrogens is 352 g/mol. The van der Waals surface area contributed by atoms with E-state index in [9.17, 15) is 9.59 Å². The molecule has 0 aromatic heterocycles. The van der Waals surface area contributed by atoms with E-state index in [0.717, 1.165) is 23.1 Å². The van der Waals surface area contributed by atoms with Crippen LogP contribution in [0.15, 0.2) is 42.5 Å². The Hall–Kier alpha value is -2.82. The van der Waals surface area contributed by atoms with Gasteiger partial charge in [-0.05, 0) is 62.1 Å². The molecule has 0 unspecified atom stereocenters. The number of rotatable bonds is 4. The molecule has 1 heterocycles. The minimum atomic E-state index is -0.0385. The molecule has 5 nitrogen and oxygen atoms in total. The summed E-state index contributed by atoms with van der Waals surface area (Å²) in [5, 5.41) is 0. The quantitative estimate of drug-likeness (QED) is 0.817. The van der Waals surface area contributed by atoms with Gasteiger partial charge in [0.15, 0.2) is 6.61 Å². The molecule has 0 saturated carbocycles. The number of carbonyl (C=O) groups is 2. The van der Waals surface area contributed by atoms with Crippen molar-refractivity contribution in [3.63, 3.8) is 0 Å². The molecule has 0 N–H and O–H groups in total. The maximum atomic E-state index is 12.8. The van der Waals surface area contributed by atoms with Crippen molar-refractivity contribution in [1.29, 1.82) is 0 Å². The second-order valence-corrected chi connectivity index (χ2v) is 7.38. The molecule has 28 heavy (non-hydrogen) atoms. The molecule has 148 valence electrons. The van der Waals surface area contributed by atoms with Gasteiger partial charge in [0, 0.05) is 31.7 Å². The Kier molecular flexibility index (Phi) is 6.34. The number of benzene rings is 2. The number of carbonyl (C=O) groups excluding carboxylic acids is 2. The van der Waals surface area contributed by atoms with Crippen molar-refractivity contribution in [2.24, 2.45) is 0 Å². The summed E-state index contributed by atoms with van der Waals surface area (Å²) in [6.07, 6.45) is 0.771. The summed E-state index contributed by atoms with van der Waals surface area (Å²) in [6, 6.07) is 13.5. The summed E-state index contributed by atoms with van der Waals surface area (Å²) in [5.41, 5.74) is 4.06. The van der Waals surface area contributed by atoms with Gasteiger partial charge in [-0.1, -0.05) is 24.3 Å². The van der Waals surface area contributed by atoms with Gasteiger partial charge in [-0.2, -0.15) is 0 Å². The molecule has 1 saturated heterocycles. The van der Waals surface area contributed by atoms with Crippen LogP contribution in [0, 0.1) is 20.8 Å². The number of amides is 2. The molecule has 0 radical (unpaired) electrons. The van der Waals surface area contributed by atoms with Crippen LogP contribution in [-0.2, 0) is 4.79 Å². The zero-order valence-corrected chi connectivity index (χ0v) is 16.9. The standard InChI is InChI=1S/C23H28N2O3/c1-17-9-10-20(15-19(17)3)28-16-22(26)24-11-6-12-25(14-13-24)23(27)21-8-5-4-7-18(21)2/h4-5,7-10,15H,6,11-14,16H2,1-3H3. The summed E-state index contributed by atoms with van der Waals surface area (Å²) < 4.78 is 5.69. The van der Waals surface area contributed by atoms with Gasteiger partial charge in [0.25, 0.3) is 11.8 Å². The molecule has 0 bridgehead atoms. The Morgan fingerprint density at radius 2 is 1.57 bits per heavy atom. The number of aryl methyl sites for hydroxylation is 3. The molecule has 2 aromatic rings. The summed E-state index contributed by atoms with van der Waals surface area (Å²) >= 11 is 0. The second-order valence-electron chi connectivity index (χ2n) is 7.38. The largest absolute Gasteiger partial charge is 0.484 e. The summed E-state index contributed by atoms with van der Waals surface area (Å²) in [4.78, 5) is 29.0. The van der Waals surface area contributed by atoms with Crippen LogP contribution in [0.25, 0.3) is 0 Å². The van der Waals surface area contributed by atoms with Crippen molar-refractivity contribution in [3.8, 4) is 5.75 Å². The third kappa shape index (κ3) is 4.71. The van der Waals surface area contributed by atoms with Crippen molar-refractivity contribution < 1.29 is 14.3 Å². The average molecular weight is 380 g/mol. The van der Waals surface area contributed by atoms with E-state index in [1.54, 1.807) is 4.90 Å². The van der Waals surface area contributed by atoms with Gasteiger partial charge in [-0.3, -0.25) is 9.59 Å². The first kappa shape index (κ1) is 19.9. The van der Waals surface area contributed by atoms with Gasteiger partial charge in [0.05, 0.1) is 0 Å². The van der Waals surface area contributed by atoms with Crippen LogP contribution in [0.2, 0.25) is 0 Å². The van der Waals surface area contributed by atoms with E-state index in [4.69, 9.17) is 4.74 Å². The smallest absolute Gasteiger partial charge is 0.260 e. The molecule has 0 aliphatic carbocycles. The molecule has 2 aromatic carbocycles. The Balaban J connectivity index is 1.55. The normalized spacial score (nSPS) is 14.5. The zero-order chi connectivity index (χ0) is 20.1. The van der Waals surface area contributed by atoms with Gasteiger partial charge in [-0.25, -0.2) is 0 Å². The van der Waals surface area contributed by atoms with Crippen LogP contribution >= 0.6 is 0 Å². The van der Waals surface area contributed by atoms with Gasteiger partial charge in [0.1, 0.15) is 5.75 Å². The van der Waals surface area contributed by atoms with Crippen LogP contribution in [0.4, 0.5) is 0 Å². The van der Waals surface area contributed by atoms with E-state index in [-0.39, 0.29) is 18.4 Å². The molecule has 0 spiro atoms. The highest BCUT2D eigenvalue weighted by Gasteiger charge is 2.23. The van der Waals surface area contributed by atoms with Gasteiger partial charge in [-0.15, -0.1) is 0 Å². The van der Waals surface area contributed by atoms with Crippen molar-refractivity contribution in [1.82, 2.24) is 9.80 Å². The van der Waals surface area contributed by atoms with E-state index < -0.39 is 0 Å². The van der Waals surface area contributed by atoms with Gasteiger partial charge in [0.2, 0.25) is 0 Å². The van der Waals surface area contributed by atoms with Crippen molar-refractivity contribution >= 4 is 11.8 Å². The molecule has 5 heteroatoms. The van der Waals surface area contributed by atoms with Gasteiger partial charge < -0.3 is 14.5 Å². The van der Waals surface area contributed by atoms with E-state index in [0.29, 0.717) is 31.9 Å². The summed E-state index contributed by atoms with van der Waals surface area (Å²) in [6.45, 7) is 8.43. The second kappa shape index (κ2) is 8.91. The van der Waals surface area contributed by atoms with E-state index in [1.807, 2.05) is 68.1 Å². The maximum absolute atomic E-state index is 12.8. The Morgan fingerprint density at radius 3 is 2.32 bits per heavy atom. The topological polar surface area (TPSA) is 49.9 Å². The van der Waals surface area contributed by atoms with Crippen LogP contribution in [0.3, 0.4) is 0 Å². The first-order valence-electron chi connectivity index (χ1n) is 9.78. The van der Waals surface area contributed by atoms with Crippen molar-refractivity contribution in [2.45, 2.75) is 27.2 Å². The van der Waals surface area contributed by atoms with Crippen LogP contribution in [0.5, 0.6) is 5.75 Å². The molecular formula is C23H28N2O3. The third-order valence-corrected chi connectivity index (χ3v) is 5.35. The van der Waals surface area contributed by atoms with Crippen LogP contribution < -0.4 is 4.74 Å². The predicted octanol–water partition coefficient (Wildman–Crippen LogP) is 3.37. The Bertz CT molecular complexity index is 863. The molecule has 1 aliphatic heterocycles. The first-order chi connectivity index (χ1) is 13.5. The Morgan fingerprint density at radius 1 is 0.857 bits per heavy atom. The first-order valence-corrected chi connectivity index (χ1v) is 9.78. The lowest BCUT2D eigenvalue weighted by atomic mass is 10.1. The zero-order valence-electron chi connectivity index (χ0n) is 16.9. The van der Waals surface area contributed by atoms with Crippen molar-refractivity contribution in [2.75, 3.05) is 32.8 Å². The number of nitrogens with zero attached hydrogens (tertiary/aromatic N) is 2. The van der Waals surface area contributed by atoms with E-state index >= 15 is 0 Å². The number of ether oxygens (including phenoxy) is 1. The molecule has 1 aliphatic rings. The summed E-state index contributed by atoms with van der Waals surface area (Å²) in [7, 11) is 0. The average Bonchev–Trinajstić information content (AvgIpc) is 2.95. The van der Waals surface area contributed by atoms with Crippen LogP contribution in [0.1, 0.15) is 33.5 Å². The molecule has 3 rings (SSSR count). The lowest BCUT2D eigenvalue weighted by Crippen LogP contribution is -2.39. The monoisotopic (exact) mass is 380 g/mol. The lowest BCUT2D eigenvalue weighted by molar-refractivity contribution is -0.133. The molecule has 0 atom stereocenters. The highest BCUT2D eigenvalue weighted by Crippen LogP contribution is 2.17. The maximum Gasteiger partial charge on any atom is 0.260 e. The van der Waals surface area contributed by atoms with E-state index in [1.165, 1.54) is 5.56 Å². The fraction of sp³-hybridized carbons (Fsp3) is 0.391. The molecule has 2 amide bonds. The van der Waals surface area contributed by atoms with Gasteiger partial charge >= 0.3 is 0 Å².